The molecule has 2 aromatic rings. The maximum Gasteiger partial charge on any atom is 0.195 e. The molecule has 1 aliphatic heterocycles. The number of hydrogen-bond acceptors (Lipinski definition) is 5. The van der Waals surface area contributed by atoms with Gasteiger partial charge in [-0.2, -0.15) is 0 Å². The van der Waals surface area contributed by atoms with E-state index in [1.165, 1.54) is 31.6 Å². The molecule has 20 heavy (non-hydrogen) atoms. The minimum atomic E-state index is 0.679. The lowest BCUT2D eigenvalue weighted by Gasteiger charge is -2.35. The van der Waals surface area contributed by atoms with E-state index in [-0.39, 0.29) is 0 Å². The van der Waals surface area contributed by atoms with E-state index in [0.29, 0.717) is 6.54 Å². The molecule has 2 fully saturated rings. The van der Waals surface area contributed by atoms with Crippen LogP contribution in [0.25, 0.3) is 4.96 Å². The SMILES string of the molecule is NCCc1c(N2CCN(C3CC3)CC2)nc2sccn12. The molecule has 2 aliphatic rings. The molecule has 3 heterocycles. The van der Waals surface area contributed by atoms with Crippen molar-refractivity contribution in [3.8, 4) is 0 Å². The van der Waals surface area contributed by atoms with Gasteiger partial charge in [0.2, 0.25) is 0 Å². The Bertz CT molecular complexity index is 592. The first kappa shape index (κ1) is 12.6. The minimum absolute atomic E-state index is 0.679. The summed E-state index contributed by atoms with van der Waals surface area (Å²) in [5.41, 5.74) is 7.06. The largest absolute Gasteiger partial charge is 0.352 e. The quantitative estimate of drug-likeness (QED) is 0.919. The first-order valence-corrected chi connectivity index (χ1v) is 8.38. The summed E-state index contributed by atoms with van der Waals surface area (Å²) in [7, 11) is 0. The van der Waals surface area contributed by atoms with Crippen molar-refractivity contribution < 1.29 is 0 Å². The van der Waals surface area contributed by atoms with Gasteiger partial charge in [0.05, 0.1) is 5.69 Å². The number of imidazole rings is 1. The molecule has 0 spiro atoms. The van der Waals surface area contributed by atoms with Gasteiger partial charge in [-0.1, -0.05) is 0 Å². The lowest BCUT2D eigenvalue weighted by Crippen LogP contribution is -2.47. The van der Waals surface area contributed by atoms with Crippen molar-refractivity contribution in [1.29, 1.82) is 0 Å². The van der Waals surface area contributed by atoms with Crippen LogP contribution in [0.4, 0.5) is 5.82 Å². The van der Waals surface area contributed by atoms with Crippen LogP contribution in [-0.2, 0) is 6.42 Å². The topological polar surface area (TPSA) is 49.8 Å². The van der Waals surface area contributed by atoms with Crippen molar-refractivity contribution in [3.05, 3.63) is 17.3 Å². The van der Waals surface area contributed by atoms with Crippen LogP contribution in [0.5, 0.6) is 0 Å². The summed E-state index contributed by atoms with van der Waals surface area (Å²) in [5, 5.41) is 2.09. The second-order valence-corrected chi connectivity index (χ2v) is 6.60. The molecular formula is C14H21N5S. The Morgan fingerprint density at radius 3 is 2.75 bits per heavy atom. The van der Waals surface area contributed by atoms with E-state index in [2.05, 4.69) is 25.8 Å². The Kier molecular flexibility index (Phi) is 3.17. The number of hydrogen-bond donors (Lipinski definition) is 1. The Balaban J connectivity index is 1.57. The predicted octanol–water partition coefficient (Wildman–Crippen LogP) is 1.18. The Labute approximate surface area is 123 Å². The lowest BCUT2D eigenvalue weighted by molar-refractivity contribution is 0.247. The van der Waals surface area contributed by atoms with Crippen LogP contribution >= 0.6 is 11.3 Å². The second-order valence-electron chi connectivity index (χ2n) is 5.73. The van der Waals surface area contributed by atoms with Gasteiger partial charge in [0.15, 0.2) is 10.8 Å². The lowest BCUT2D eigenvalue weighted by atomic mass is 10.2. The molecule has 1 aliphatic carbocycles. The van der Waals surface area contributed by atoms with Gasteiger partial charge in [-0.3, -0.25) is 9.30 Å². The number of anilines is 1. The van der Waals surface area contributed by atoms with Crippen LogP contribution in [0.3, 0.4) is 0 Å². The molecule has 5 nitrogen and oxygen atoms in total. The molecule has 0 unspecified atom stereocenters. The van der Waals surface area contributed by atoms with E-state index in [9.17, 15) is 0 Å². The van der Waals surface area contributed by atoms with E-state index >= 15 is 0 Å². The van der Waals surface area contributed by atoms with Gasteiger partial charge in [0.1, 0.15) is 0 Å². The van der Waals surface area contributed by atoms with E-state index in [1.807, 2.05) is 0 Å². The molecule has 2 aromatic heterocycles. The van der Waals surface area contributed by atoms with Crippen molar-refractivity contribution >= 4 is 22.1 Å². The Morgan fingerprint density at radius 1 is 1.25 bits per heavy atom. The monoisotopic (exact) mass is 291 g/mol. The number of fused-ring (bicyclic) bond motifs is 1. The molecule has 1 saturated carbocycles. The van der Waals surface area contributed by atoms with Gasteiger partial charge in [0.25, 0.3) is 0 Å². The number of nitrogens with two attached hydrogens (primary N) is 1. The van der Waals surface area contributed by atoms with Gasteiger partial charge in [-0.05, 0) is 19.4 Å². The van der Waals surface area contributed by atoms with Crippen LogP contribution < -0.4 is 10.6 Å². The van der Waals surface area contributed by atoms with Gasteiger partial charge >= 0.3 is 0 Å². The predicted molar refractivity (Wildman–Crippen MR) is 82.6 cm³/mol. The van der Waals surface area contributed by atoms with Crippen LogP contribution in [0.15, 0.2) is 11.6 Å². The maximum atomic E-state index is 5.78. The highest BCUT2D eigenvalue weighted by atomic mass is 32.1. The minimum Gasteiger partial charge on any atom is -0.352 e. The van der Waals surface area contributed by atoms with Crippen molar-refractivity contribution in [2.24, 2.45) is 5.73 Å². The molecule has 108 valence electrons. The third kappa shape index (κ3) is 2.12. The summed E-state index contributed by atoms with van der Waals surface area (Å²) in [4.78, 5) is 11.0. The maximum absolute atomic E-state index is 5.78. The van der Waals surface area contributed by atoms with Crippen LogP contribution in [0, 0.1) is 0 Å². The van der Waals surface area contributed by atoms with Crippen LogP contribution in [-0.4, -0.2) is 53.1 Å². The number of rotatable bonds is 4. The summed E-state index contributed by atoms with van der Waals surface area (Å²) < 4.78 is 2.21. The molecule has 2 N–H and O–H groups in total. The highest BCUT2D eigenvalue weighted by Gasteiger charge is 2.32. The molecule has 0 aromatic carbocycles. The van der Waals surface area contributed by atoms with E-state index < -0.39 is 0 Å². The summed E-state index contributed by atoms with van der Waals surface area (Å²) >= 11 is 1.70. The third-order valence-electron chi connectivity index (χ3n) is 4.40. The average Bonchev–Trinajstić information content (AvgIpc) is 3.13. The van der Waals surface area contributed by atoms with E-state index in [4.69, 9.17) is 10.7 Å². The fourth-order valence-electron chi connectivity index (χ4n) is 3.18. The molecule has 6 heteroatoms. The smallest absolute Gasteiger partial charge is 0.195 e. The third-order valence-corrected chi connectivity index (χ3v) is 5.15. The summed E-state index contributed by atoms with van der Waals surface area (Å²) in [6.45, 7) is 5.23. The molecule has 0 bridgehead atoms. The van der Waals surface area contributed by atoms with E-state index in [0.717, 1.165) is 36.3 Å². The summed E-state index contributed by atoms with van der Waals surface area (Å²) in [5.74, 6) is 1.16. The normalized spacial score (nSPS) is 20.9. The van der Waals surface area contributed by atoms with Crippen molar-refractivity contribution in [2.75, 3.05) is 37.6 Å². The zero-order valence-electron chi connectivity index (χ0n) is 11.7. The van der Waals surface area contributed by atoms with Gasteiger partial charge in [-0.15, -0.1) is 11.3 Å². The number of aromatic nitrogens is 2. The Morgan fingerprint density at radius 2 is 2.05 bits per heavy atom. The fourth-order valence-corrected chi connectivity index (χ4v) is 3.91. The Hall–Kier alpha value is -1.11. The van der Waals surface area contributed by atoms with Gasteiger partial charge in [0, 0.05) is 50.2 Å². The molecule has 1 saturated heterocycles. The summed E-state index contributed by atoms with van der Waals surface area (Å²) in [6.07, 6.45) is 5.81. The zero-order chi connectivity index (χ0) is 13.5. The fraction of sp³-hybridized carbons (Fsp3) is 0.643. The zero-order valence-corrected chi connectivity index (χ0v) is 12.5. The molecule has 4 rings (SSSR count). The van der Waals surface area contributed by atoms with Crippen LogP contribution in [0.2, 0.25) is 0 Å². The number of piperazine rings is 1. The second kappa shape index (κ2) is 5.02. The van der Waals surface area contributed by atoms with Gasteiger partial charge < -0.3 is 10.6 Å². The van der Waals surface area contributed by atoms with Crippen LogP contribution in [0.1, 0.15) is 18.5 Å². The standard InChI is InChI=1S/C14H21N5S/c15-4-3-12-13(16-14-19(12)9-10-20-14)18-7-5-17(6-8-18)11-1-2-11/h9-11H,1-8,15H2. The first-order chi connectivity index (χ1) is 9.86. The van der Waals surface area contributed by atoms with Crippen molar-refractivity contribution in [1.82, 2.24) is 14.3 Å². The van der Waals surface area contributed by atoms with Crippen molar-refractivity contribution in [3.63, 3.8) is 0 Å². The summed E-state index contributed by atoms with van der Waals surface area (Å²) in [6, 6.07) is 0.881. The molecule has 0 atom stereocenters. The first-order valence-electron chi connectivity index (χ1n) is 7.50. The molecule has 0 radical (unpaired) electrons. The highest BCUT2D eigenvalue weighted by Crippen LogP contribution is 2.30. The van der Waals surface area contributed by atoms with Crippen molar-refractivity contribution in [2.45, 2.75) is 25.3 Å². The van der Waals surface area contributed by atoms with E-state index in [1.54, 1.807) is 11.3 Å². The van der Waals surface area contributed by atoms with Gasteiger partial charge in [-0.25, -0.2) is 4.98 Å². The highest BCUT2D eigenvalue weighted by molar-refractivity contribution is 7.15. The average molecular weight is 291 g/mol. The molecule has 0 amide bonds. The number of thiazole rings is 1. The number of nitrogens with zero attached hydrogens (tertiary/aromatic N) is 4. The molecular weight excluding hydrogens is 270 g/mol.